The molecular formula is C13H17ClO. The van der Waals surface area contributed by atoms with Crippen LogP contribution in [0.5, 0.6) is 0 Å². The zero-order valence-electron chi connectivity index (χ0n) is 9.08. The van der Waals surface area contributed by atoms with Crippen LogP contribution in [0.25, 0.3) is 0 Å². The van der Waals surface area contributed by atoms with Crippen molar-refractivity contribution in [2.24, 2.45) is 5.92 Å². The Balaban J connectivity index is 1.99. The third-order valence-corrected chi connectivity index (χ3v) is 3.66. The average molecular weight is 225 g/mol. The number of hydrogen-bond acceptors (Lipinski definition) is 1. The molecule has 2 unspecified atom stereocenters. The van der Waals surface area contributed by atoms with Crippen molar-refractivity contribution >= 4 is 11.6 Å². The van der Waals surface area contributed by atoms with Crippen LogP contribution < -0.4 is 0 Å². The first-order valence-corrected chi connectivity index (χ1v) is 5.97. The van der Waals surface area contributed by atoms with Crippen molar-refractivity contribution in [1.29, 1.82) is 0 Å². The summed E-state index contributed by atoms with van der Waals surface area (Å²) in [5.41, 5.74) is 2.70. The quantitative estimate of drug-likeness (QED) is 0.717. The largest absolute Gasteiger partial charge is 0.381 e. The second-order valence-corrected chi connectivity index (χ2v) is 4.83. The van der Waals surface area contributed by atoms with Crippen molar-refractivity contribution in [3.63, 3.8) is 0 Å². The fourth-order valence-corrected chi connectivity index (χ4v) is 2.42. The third-order valence-electron chi connectivity index (χ3n) is 3.15. The lowest BCUT2D eigenvalue weighted by Gasteiger charge is -2.16. The van der Waals surface area contributed by atoms with Crippen LogP contribution >= 0.6 is 11.6 Å². The Morgan fingerprint density at radius 1 is 1.47 bits per heavy atom. The van der Waals surface area contributed by atoms with Crippen molar-refractivity contribution in [3.8, 4) is 0 Å². The van der Waals surface area contributed by atoms with E-state index < -0.39 is 0 Å². The van der Waals surface area contributed by atoms with Gasteiger partial charge >= 0.3 is 0 Å². The predicted octanol–water partition coefficient (Wildman–Crippen LogP) is 3.18. The molecule has 82 valence electrons. The van der Waals surface area contributed by atoms with Gasteiger partial charge < -0.3 is 4.74 Å². The molecule has 2 rings (SSSR count). The van der Waals surface area contributed by atoms with Crippen LogP contribution in [0.4, 0.5) is 0 Å². The van der Waals surface area contributed by atoms with Gasteiger partial charge in [-0.3, -0.25) is 0 Å². The second kappa shape index (κ2) is 5.00. The topological polar surface area (TPSA) is 9.23 Å². The molecule has 1 aromatic carbocycles. The lowest BCUT2D eigenvalue weighted by molar-refractivity contribution is 0.185. The molecule has 15 heavy (non-hydrogen) atoms. The normalized spacial score (nSPS) is 22.9. The Bertz CT molecular complexity index is 318. The zero-order valence-corrected chi connectivity index (χ0v) is 9.83. The lowest BCUT2D eigenvalue weighted by atomic mass is 9.96. The molecule has 0 N–H and O–H groups in total. The number of alkyl halides is 1. The first-order valence-electron chi connectivity index (χ1n) is 5.53. The van der Waals surface area contributed by atoms with Gasteiger partial charge in [0.15, 0.2) is 0 Å². The maximum atomic E-state index is 6.41. The molecule has 0 amide bonds. The van der Waals surface area contributed by atoms with Gasteiger partial charge in [0.05, 0.1) is 6.61 Å². The summed E-state index contributed by atoms with van der Waals surface area (Å²) in [6.45, 7) is 3.85. The highest BCUT2D eigenvalue weighted by atomic mass is 35.5. The van der Waals surface area contributed by atoms with E-state index in [1.165, 1.54) is 11.1 Å². The van der Waals surface area contributed by atoms with Crippen molar-refractivity contribution in [3.05, 3.63) is 35.4 Å². The summed E-state index contributed by atoms with van der Waals surface area (Å²) in [5, 5.41) is 0.216. The fraction of sp³-hybridized carbons (Fsp3) is 0.538. The summed E-state index contributed by atoms with van der Waals surface area (Å²) in [4.78, 5) is 0. The standard InChI is InChI=1S/C13H17ClO/c1-10-4-2-3-5-11(10)8-13(14)12-6-7-15-9-12/h2-5,12-13H,6-9H2,1H3. The van der Waals surface area contributed by atoms with Gasteiger partial charge in [-0.05, 0) is 30.9 Å². The van der Waals surface area contributed by atoms with E-state index >= 15 is 0 Å². The zero-order chi connectivity index (χ0) is 10.7. The second-order valence-electron chi connectivity index (χ2n) is 4.27. The van der Waals surface area contributed by atoms with Crippen LogP contribution in [0.2, 0.25) is 0 Å². The van der Waals surface area contributed by atoms with E-state index in [9.17, 15) is 0 Å². The van der Waals surface area contributed by atoms with Crippen LogP contribution in [0, 0.1) is 12.8 Å². The third kappa shape index (κ3) is 2.73. The molecule has 1 nitrogen and oxygen atoms in total. The smallest absolute Gasteiger partial charge is 0.0509 e. The van der Waals surface area contributed by atoms with Gasteiger partial charge in [-0.25, -0.2) is 0 Å². The van der Waals surface area contributed by atoms with Crippen molar-refractivity contribution in [2.45, 2.75) is 25.1 Å². The predicted molar refractivity (Wildman–Crippen MR) is 63.5 cm³/mol. The average Bonchev–Trinajstić information content (AvgIpc) is 2.74. The number of hydrogen-bond donors (Lipinski definition) is 0. The molecule has 2 atom stereocenters. The van der Waals surface area contributed by atoms with Gasteiger partial charge in [0, 0.05) is 17.9 Å². The van der Waals surface area contributed by atoms with Gasteiger partial charge in [0.25, 0.3) is 0 Å². The molecule has 0 bridgehead atoms. The Labute approximate surface area is 96.4 Å². The Hall–Kier alpha value is -0.530. The highest BCUT2D eigenvalue weighted by Gasteiger charge is 2.24. The summed E-state index contributed by atoms with van der Waals surface area (Å²) in [7, 11) is 0. The molecule has 1 fully saturated rings. The minimum Gasteiger partial charge on any atom is -0.381 e. The number of aryl methyl sites for hydroxylation is 1. The van der Waals surface area contributed by atoms with E-state index in [1.54, 1.807) is 0 Å². The van der Waals surface area contributed by atoms with Gasteiger partial charge in [-0.2, -0.15) is 0 Å². The molecule has 1 aliphatic rings. The molecular weight excluding hydrogens is 208 g/mol. The molecule has 1 saturated heterocycles. The van der Waals surface area contributed by atoms with Crippen LogP contribution in [0.15, 0.2) is 24.3 Å². The first kappa shape index (κ1) is 11.0. The highest BCUT2D eigenvalue weighted by molar-refractivity contribution is 6.21. The minimum absolute atomic E-state index is 0.216. The van der Waals surface area contributed by atoms with Crippen molar-refractivity contribution in [1.82, 2.24) is 0 Å². The Morgan fingerprint density at radius 2 is 2.27 bits per heavy atom. The number of rotatable bonds is 3. The molecule has 2 heteroatoms. The summed E-state index contributed by atoms with van der Waals surface area (Å²) in [5.74, 6) is 0.534. The van der Waals surface area contributed by atoms with Gasteiger partial charge in [-0.1, -0.05) is 24.3 Å². The highest BCUT2D eigenvalue weighted by Crippen LogP contribution is 2.25. The van der Waals surface area contributed by atoms with Crippen LogP contribution in [0.3, 0.4) is 0 Å². The molecule has 1 aromatic rings. The van der Waals surface area contributed by atoms with E-state index in [0.717, 1.165) is 26.1 Å². The SMILES string of the molecule is Cc1ccccc1CC(Cl)C1CCOC1. The maximum absolute atomic E-state index is 6.41. The molecule has 0 spiro atoms. The van der Waals surface area contributed by atoms with Crippen molar-refractivity contribution < 1.29 is 4.74 Å². The minimum atomic E-state index is 0.216. The number of halogens is 1. The summed E-state index contributed by atoms with van der Waals surface area (Å²) in [6.07, 6.45) is 2.07. The molecule has 0 saturated carbocycles. The van der Waals surface area contributed by atoms with E-state index in [1.807, 2.05) is 0 Å². The molecule has 1 aliphatic heterocycles. The van der Waals surface area contributed by atoms with Crippen LogP contribution in [0.1, 0.15) is 17.5 Å². The van der Waals surface area contributed by atoms with Crippen molar-refractivity contribution in [2.75, 3.05) is 13.2 Å². The molecule has 0 aromatic heterocycles. The molecule has 0 aliphatic carbocycles. The van der Waals surface area contributed by atoms with E-state index in [2.05, 4.69) is 31.2 Å². The van der Waals surface area contributed by atoms with Crippen LogP contribution in [-0.4, -0.2) is 18.6 Å². The monoisotopic (exact) mass is 224 g/mol. The van der Waals surface area contributed by atoms with E-state index in [-0.39, 0.29) is 5.38 Å². The Kier molecular flexibility index (Phi) is 3.66. The lowest BCUT2D eigenvalue weighted by Crippen LogP contribution is -2.17. The number of benzene rings is 1. The maximum Gasteiger partial charge on any atom is 0.0509 e. The summed E-state index contributed by atoms with van der Waals surface area (Å²) in [6, 6.07) is 8.46. The first-order chi connectivity index (χ1) is 7.27. The summed E-state index contributed by atoms with van der Waals surface area (Å²) < 4.78 is 5.36. The summed E-state index contributed by atoms with van der Waals surface area (Å²) >= 11 is 6.41. The van der Waals surface area contributed by atoms with Gasteiger partial charge in [0.1, 0.15) is 0 Å². The van der Waals surface area contributed by atoms with Gasteiger partial charge in [0.2, 0.25) is 0 Å². The van der Waals surface area contributed by atoms with Crippen LogP contribution in [-0.2, 0) is 11.2 Å². The van der Waals surface area contributed by atoms with Gasteiger partial charge in [-0.15, -0.1) is 11.6 Å². The van der Waals surface area contributed by atoms with E-state index in [4.69, 9.17) is 16.3 Å². The molecule has 0 radical (unpaired) electrons. The Morgan fingerprint density at radius 3 is 2.93 bits per heavy atom. The molecule has 1 heterocycles. The number of ether oxygens (including phenoxy) is 1. The van der Waals surface area contributed by atoms with E-state index in [0.29, 0.717) is 5.92 Å². The fourth-order valence-electron chi connectivity index (χ4n) is 2.05.